The third-order valence-electron chi connectivity index (χ3n) is 2.73. The van der Waals surface area contributed by atoms with Crippen LogP contribution in [0.25, 0.3) is 22.7 Å². The highest BCUT2D eigenvalue weighted by Crippen LogP contribution is 2.20. The van der Waals surface area contributed by atoms with Crippen molar-refractivity contribution in [3.8, 4) is 22.7 Å². The van der Waals surface area contributed by atoms with Crippen LogP contribution in [0.4, 0.5) is 0 Å². The van der Waals surface area contributed by atoms with Gasteiger partial charge in [-0.15, -0.1) is 5.10 Å². The summed E-state index contributed by atoms with van der Waals surface area (Å²) in [6.07, 6.45) is 0. The second-order valence-electron chi connectivity index (χ2n) is 4.04. The van der Waals surface area contributed by atoms with Crippen LogP contribution in [0.5, 0.6) is 0 Å². The monoisotopic (exact) mass is 305 g/mol. The SMILES string of the molecule is O=c1[nH]c(-c2ccc(Cl)cc2)ccc1-c1n[nH]c(=S)o1. The molecule has 0 aliphatic carbocycles. The summed E-state index contributed by atoms with van der Waals surface area (Å²) in [6.45, 7) is 0. The van der Waals surface area contributed by atoms with E-state index in [0.29, 0.717) is 16.3 Å². The smallest absolute Gasteiger partial charge is 0.284 e. The van der Waals surface area contributed by atoms with Crippen LogP contribution in [0.15, 0.2) is 45.6 Å². The second-order valence-corrected chi connectivity index (χ2v) is 4.85. The van der Waals surface area contributed by atoms with Gasteiger partial charge in [0.15, 0.2) is 0 Å². The first kappa shape index (κ1) is 12.8. The van der Waals surface area contributed by atoms with Gasteiger partial charge in [-0.3, -0.25) is 4.79 Å². The van der Waals surface area contributed by atoms with Crippen molar-refractivity contribution in [1.29, 1.82) is 0 Å². The van der Waals surface area contributed by atoms with Gasteiger partial charge in [-0.1, -0.05) is 23.7 Å². The minimum atomic E-state index is -0.303. The average molecular weight is 306 g/mol. The molecule has 0 bridgehead atoms. The lowest BCUT2D eigenvalue weighted by Crippen LogP contribution is -2.09. The molecule has 2 heterocycles. The summed E-state index contributed by atoms with van der Waals surface area (Å²) < 4.78 is 5.12. The molecule has 0 saturated heterocycles. The Labute approximate surface area is 123 Å². The van der Waals surface area contributed by atoms with Crippen molar-refractivity contribution in [2.45, 2.75) is 0 Å². The van der Waals surface area contributed by atoms with E-state index < -0.39 is 0 Å². The van der Waals surface area contributed by atoms with Crippen LogP contribution in [-0.4, -0.2) is 15.2 Å². The number of halogens is 1. The Kier molecular flexibility index (Phi) is 3.25. The number of benzene rings is 1. The molecule has 7 heteroatoms. The molecule has 2 N–H and O–H groups in total. The number of nitrogens with zero attached hydrogens (tertiary/aromatic N) is 1. The van der Waals surface area contributed by atoms with Crippen LogP contribution in [0.2, 0.25) is 5.02 Å². The average Bonchev–Trinajstić information content (AvgIpc) is 2.86. The molecule has 20 heavy (non-hydrogen) atoms. The van der Waals surface area contributed by atoms with Crippen LogP contribution >= 0.6 is 23.8 Å². The van der Waals surface area contributed by atoms with Crippen molar-refractivity contribution in [3.63, 3.8) is 0 Å². The van der Waals surface area contributed by atoms with Crippen LogP contribution in [0, 0.1) is 4.84 Å². The standard InChI is InChI=1S/C13H8ClN3O2S/c14-8-3-1-7(2-4-8)10-6-5-9(11(18)15-10)12-16-17-13(20)19-12/h1-6H,(H,15,18)(H,17,20). The summed E-state index contributed by atoms with van der Waals surface area (Å²) in [6, 6.07) is 10.6. The third kappa shape index (κ3) is 2.43. The summed E-state index contributed by atoms with van der Waals surface area (Å²) >= 11 is 10.6. The third-order valence-corrected chi connectivity index (χ3v) is 3.16. The molecule has 0 aliphatic rings. The van der Waals surface area contributed by atoms with Crippen molar-refractivity contribution >= 4 is 23.8 Å². The number of aromatic amines is 2. The summed E-state index contributed by atoms with van der Waals surface area (Å²) in [4.78, 5) is 15.0. The first-order chi connectivity index (χ1) is 9.63. The zero-order chi connectivity index (χ0) is 14.1. The molecule has 0 radical (unpaired) electrons. The van der Waals surface area contributed by atoms with Crippen LogP contribution < -0.4 is 5.56 Å². The molecule has 0 aliphatic heterocycles. The van der Waals surface area contributed by atoms with E-state index in [2.05, 4.69) is 15.2 Å². The van der Waals surface area contributed by atoms with Gasteiger partial charge in [0.05, 0.1) is 0 Å². The number of nitrogens with one attached hydrogen (secondary N) is 2. The summed E-state index contributed by atoms with van der Waals surface area (Å²) in [7, 11) is 0. The fourth-order valence-corrected chi connectivity index (χ4v) is 2.04. The molecule has 5 nitrogen and oxygen atoms in total. The number of pyridine rings is 1. The normalized spacial score (nSPS) is 10.7. The maximum absolute atomic E-state index is 12.1. The fourth-order valence-electron chi connectivity index (χ4n) is 1.78. The number of hydrogen-bond acceptors (Lipinski definition) is 4. The van der Waals surface area contributed by atoms with Gasteiger partial charge < -0.3 is 9.40 Å². The Morgan fingerprint density at radius 3 is 2.50 bits per heavy atom. The van der Waals surface area contributed by atoms with E-state index >= 15 is 0 Å². The number of hydrogen-bond donors (Lipinski definition) is 2. The molecule has 0 fully saturated rings. The van der Waals surface area contributed by atoms with Gasteiger partial charge in [0.2, 0.25) is 0 Å². The van der Waals surface area contributed by atoms with Crippen molar-refractivity contribution in [2.75, 3.05) is 0 Å². The highest BCUT2D eigenvalue weighted by molar-refractivity contribution is 7.71. The summed E-state index contributed by atoms with van der Waals surface area (Å²) in [5.41, 5.74) is 1.56. The molecule has 2 aromatic heterocycles. The Morgan fingerprint density at radius 2 is 1.90 bits per heavy atom. The number of aromatic nitrogens is 3. The zero-order valence-electron chi connectivity index (χ0n) is 10.0. The second kappa shape index (κ2) is 5.07. The van der Waals surface area contributed by atoms with E-state index in [1.165, 1.54) is 0 Å². The maximum atomic E-state index is 12.1. The fraction of sp³-hybridized carbons (Fsp3) is 0. The molecule has 0 unspecified atom stereocenters. The highest BCUT2D eigenvalue weighted by atomic mass is 35.5. The van der Waals surface area contributed by atoms with E-state index in [9.17, 15) is 4.79 Å². The van der Waals surface area contributed by atoms with Gasteiger partial charge in [-0.25, -0.2) is 5.10 Å². The number of rotatable bonds is 2. The Bertz CT molecular complexity index is 864. The molecular weight excluding hydrogens is 298 g/mol. The van der Waals surface area contributed by atoms with Gasteiger partial charge in [-0.05, 0) is 42.0 Å². The molecule has 1 aromatic carbocycles. The molecular formula is C13H8ClN3O2S. The predicted octanol–water partition coefficient (Wildman–Crippen LogP) is 3.41. The van der Waals surface area contributed by atoms with Crippen molar-refractivity contribution < 1.29 is 4.42 Å². The highest BCUT2D eigenvalue weighted by Gasteiger charge is 2.10. The minimum absolute atomic E-state index is 0.126. The molecule has 3 rings (SSSR count). The van der Waals surface area contributed by atoms with Gasteiger partial charge in [0.1, 0.15) is 5.56 Å². The largest absolute Gasteiger partial charge is 0.409 e. The van der Waals surface area contributed by atoms with E-state index in [4.69, 9.17) is 28.2 Å². The van der Waals surface area contributed by atoms with Crippen molar-refractivity contribution in [3.05, 3.63) is 56.6 Å². The lowest BCUT2D eigenvalue weighted by atomic mass is 10.1. The molecule has 0 saturated carbocycles. The Balaban J connectivity index is 2.05. The van der Waals surface area contributed by atoms with E-state index in [1.807, 2.05) is 12.1 Å². The lowest BCUT2D eigenvalue weighted by Gasteiger charge is -2.02. The first-order valence-electron chi connectivity index (χ1n) is 5.68. The molecule has 3 aromatic rings. The maximum Gasteiger partial charge on any atom is 0.284 e. The van der Waals surface area contributed by atoms with E-state index in [1.54, 1.807) is 24.3 Å². The van der Waals surface area contributed by atoms with E-state index in [0.717, 1.165) is 5.56 Å². The van der Waals surface area contributed by atoms with Crippen molar-refractivity contribution in [1.82, 2.24) is 15.2 Å². The van der Waals surface area contributed by atoms with Crippen LogP contribution in [0.1, 0.15) is 0 Å². The number of H-pyrrole nitrogens is 2. The first-order valence-corrected chi connectivity index (χ1v) is 6.47. The van der Waals surface area contributed by atoms with Crippen molar-refractivity contribution in [2.24, 2.45) is 0 Å². The summed E-state index contributed by atoms with van der Waals surface area (Å²) in [5, 5.41) is 6.94. The van der Waals surface area contributed by atoms with Gasteiger partial charge >= 0.3 is 0 Å². The van der Waals surface area contributed by atoms with Crippen LogP contribution in [-0.2, 0) is 0 Å². The summed E-state index contributed by atoms with van der Waals surface area (Å²) in [5.74, 6) is 0.166. The Hall–Kier alpha value is -2.18. The van der Waals surface area contributed by atoms with Crippen LogP contribution in [0.3, 0.4) is 0 Å². The molecule has 0 spiro atoms. The molecule has 0 amide bonds. The van der Waals surface area contributed by atoms with Gasteiger partial charge in [0, 0.05) is 10.7 Å². The molecule has 100 valence electrons. The Morgan fingerprint density at radius 1 is 1.15 bits per heavy atom. The molecule has 0 atom stereocenters. The van der Waals surface area contributed by atoms with E-state index in [-0.39, 0.29) is 16.3 Å². The topological polar surface area (TPSA) is 74.7 Å². The quantitative estimate of drug-likeness (QED) is 0.712. The van der Waals surface area contributed by atoms with Gasteiger partial charge in [-0.2, -0.15) is 0 Å². The zero-order valence-corrected chi connectivity index (χ0v) is 11.6. The lowest BCUT2D eigenvalue weighted by molar-refractivity contribution is 0.551. The minimum Gasteiger partial charge on any atom is -0.409 e. The predicted molar refractivity (Wildman–Crippen MR) is 78.2 cm³/mol. The van der Waals surface area contributed by atoms with Gasteiger partial charge in [0.25, 0.3) is 16.3 Å².